The molecule has 1 aromatic heterocycles. The molecule has 1 N–H and O–H groups in total. The molecule has 0 aliphatic rings. The Bertz CT molecular complexity index is 928. The Hall–Kier alpha value is -2.46. The lowest BCUT2D eigenvalue weighted by Crippen LogP contribution is -2.16. The van der Waals surface area contributed by atoms with E-state index < -0.39 is 0 Å². The van der Waals surface area contributed by atoms with Crippen molar-refractivity contribution in [2.24, 2.45) is 0 Å². The van der Waals surface area contributed by atoms with E-state index in [9.17, 15) is 4.79 Å². The molecule has 2 aromatic carbocycles. The molecule has 140 valence electrons. The van der Waals surface area contributed by atoms with E-state index in [1.807, 2.05) is 25.1 Å². The van der Waals surface area contributed by atoms with E-state index in [-0.39, 0.29) is 5.91 Å². The minimum atomic E-state index is 0.00256. The van der Waals surface area contributed by atoms with Gasteiger partial charge in [-0.1, -0.05) is 61.9 Å². The van der Waals surface area contributed by atoms with E-state index in [2.05, 4.69) is 61.4 Å². The third-order valence-corrected chi connectivity index (χ3v) is 5.80. The summed E-state index contributed by atoms with van der Waals surface area (Å²) in [6, 6.07) is 16.4. The Morgan fingerprint density at radius 2 is 1.81 bits per heavy atom. The molecule has 1 atom stereocenters. The van der Waals surface area contributed by atoms with Gasteiger partial charge in [0.25, 0.3) is 0 Å². The fourth-order valence-corrected chi connectivity index (χ4v) is 4.08. The lowest BCUT2D eigenvalue weighted by atomic mass is 9.97. The molecule has 0 saturated carbocycles. The number of aryl methyl sites for hydroxylation is 2. The average molecular weight is 379 g/mol. The van der Waals surface area contributed by atoms with E-state index in [0.29, 0.717) is 12.3 Å². The highest BCUT2D eigenvalue weighted by Crippen LogP contribution is 2.30. The lowest BCUT2D eigenvalue weighted by Gasteiger charge is -2.15. The van der Waals surface area contributed by atoms with E-state index in [1.54, 1.807) is 11.3 Å². The second kappa shape index (κ2) is 8.49. The van der Waals surface area contributed by atoms with Crippen LogP contribution in [0.25, 0.3) is 11.3 Å². The van der Waals surface area contributed by atoms with Crippen molar-refractivity contribution >= 4 is 22.9 Å². The fraction of sp³-hybridized carbons (Fsp3) is 0.304. The average Bonchev–Trinajstić information content (AvgIpc) is 3.02. The van der Waals surface area contributed by atoms with Crippen LogP contribution in [0, 0.1) is 13.8 Å². The Morgan fingerprint density at radius 1 is 1.11 bits per heavy atom. The second-order valence-electron chi connectivity index (χ2n) is 6.99. The van der Waals surface area contributed by atoms with E-state index in [0.717, 1.165) is 33.3 Å². The summed E-state index contributed by atoms with van der Waals surface area (Å²) in [4.78, 5) is 18.4. The van der Waals surface area contributed by atoms with Gasteiger partial charge in [0, 0.05) is 16.1 Å². The molecule has 3 aromatic rings. The van der Waals surface area contributed by atoms with Gasteiger partial charge in [0.2, 0.25) is 5.91 Å². The van der Waals surface area contributed by atoms with Crippen LogP contribution in [0.4, 0.5) is 5.69 Å². The van der Waals surface area contributed by atoms with Crippen molar-refractivity contribution in [2.75, 3.05) is 5.32 Å². The van der Waals surface area contributed by atoms with Crippen LogP contribution in [0.5, 0.6) is 0 Å². The minimum Gasteiger partial charge on any atom is -0.326 e. The van der Waals surface area contributed by atoms with Crippen LogP contribution in [0.2, 0.25) is 0 Å². The molecule has 0 radical (unpaired) electrons. The smallest absolute Gasteiger partial charge is 0.229 e. The Kier molecular flexibility index (Phi) is 6.07. The number of thiazole rings is 1. The summed E-state index contributed by atoms with van der Waals surface area (Å²) in [7, 11) is 0. The number of hydrogen-bond donors (Lipinski definition) is 1. The zero-order valence-electron chi connectivity index (χ0n) is 16.4. The normalized spacial score (nSPS) is 12.0. The molecule has 0 spiro atoms. The summed E-state index contributed by atoms with van der Waals surface area (Å²) in [5, 5.41) is 4.09. The van der Waals surface area contributed by atoms with Crippen LogP contribution in [-0.2, 0) is 11.2 Å². The second-order valence-corrected chi connectivity index (χ2v) is 8.28. The maximum Gasteiger partial charge on any atom is 0.229 e. The number of carbonyl (C=O) groups is 1. The molecule has 3 rings (SSSR count). The van der Waals surface area contributed by atoms with Gasteiger partial charge in [-0.3, -0.25) is 4.79 Å². The number of aromatic nitrogens is 1. The van der Waals surface area contributed by atoms with Crippen LogP contribution < -0.4 is 5.32 Å². The number of nitrogens with one attached hydrogen (secondary N) is 1. The quantitative estimate of drug-likeness (QED) is 0.561. The molecular weight excluding hydrogens is 352 g/mol. The van der Waals surface area contributed by atoms with Gasteiger partial charge in [-0.2, -0.15) is 0 Å². The van der Waals surface area contributed by atoms with Gasteiger partial charge < -0.3 is 5.32 Å². The zero-order chi connectivity index (χ0) is 19.4. The highest BCUT2D eigenvalue weighted by Gasteiger charge is 2.16. The van der Waals surface area contributed by atoms with Gasteiger partial charge in [0.1, 0.15) is 0 Å². The molecule has 0 unspecified atom stereocenters. The van der Waals surface area contributed by atoms with Crippen molar-refractivity contribution in [2.45, 2.75) is 46.5 Å². The van der Waals surface area contributed by atoms with Crippen LogP contribution in [-0.4, -0.2) is 10.9 Å². The van der Waals surface area contributed by atoms with Crippen molar-refractivity contribution in [3.63, 3.8) is 0 Å². The monoisotopic (exact) mass is 378 g/mol. The first-order chi connectivity index (χ1) is 13.0. The predicted octanol–water partition coefficient (Wildman–Crippen LogP) is 6.12. The molecule has 0 bridgehead atoms. The van der Waals surface area contributed by atoms with Gasteiger partial charge >= 0.3 is 0 Å². The Labute approximate surface area is 165 Å². The number of nitrogens with zero attached hydrogens (tertiary/aromatic N) is 1. The van der Waals surface area contributed by atoms with Crippen molar-refractivity contribution in [1.82, 2.24) is 4.98 Å². The SMILES string of the molecule is CC[C@H](C)c1ccccc1NC(=O)Cc1sc(C)nc1-c1ccc(C)cc1. The third-order valence-electron chi connectivity index (χ3n) is 4.83. The fourth-order valence-electron chi connectivity index (χ4n) is 3.13. The predicted molar refractivity (Wildman–Crippen MR) is 115 cm³/mol. The molecular formula is C23H26N2OS. The molecule has 0 fully saturated rings. The number of hydrogen-bond acceptors (Lipinski definition) is 3. The van der Waals surface area contributed by atoms with Gasteiger partial charge in [-0.15, -0.1) is 11.3 Å². The summed E-state index contributed by atoms with van der Waals surface area (Å²) in [5.74, 6) is 0.415. The van der Waals surface area contributed by atoms with Crippen LogP contribution >= 0.6 is 11.3 Å². The third kappa shape index (κ3) is 4.64. The number of rotatable bonds is 6. The first kappa shape index (κ1) is 19.3. The van der Waals surface area contributed by atoms with E-state index in [1.165, 1.54) is 11.1 Å². The number of carbonyl (C=O) groups excluding carboxylic acids is 1. The van der Waals surface area contributed by atoms with Crippen molar-refractivity contribution in [1.29, 1.82) is 0 Å². The van der Waals surface area contributed by atoms with Gasteiger partial charge in [0.05, 0.1) is 17.1 Å². The van der Waals surface area contributed by atoms with E-state index in [4.69, 9.17) is 0 Å². The Balaban J connectivity index is 1.81. The molecule has 0 aliphatic carbocycles. The topological polar surface area (TPSA) is 42.0 Å². The molecule has 0 aliphatic heterocycles. The zero-order valence-corrected chi connectivity index (χ0v) is 17.2. The number of anilines is 1. The molecule has 27 heavy (non-hydrogen) atoms. The highest BCUT2D eigenvalue weighted by atomic mass is 32.1. The number of amides is 1. The van der Waals surface area contributed by atoms with Crippen molar-refractivity contribution in [3.05, 3.63) is 69.5 Å². The minimum absolute atomic E-state index is 0.00256. The maximum atomic E-state index is 12.8. The van der Waals surface area contributed by atoms with Crippen molar-refractivity contribution in [3.8, 4) is 11.3 Å². The van der Waals surface area contributed by atoms with Gasteiger partial charge in [0.15, 0.2) is 0 Å². The summed E-state index contributed by atoms with van der Waals surface area (Å²) in [6.45, 7) is 8.41. The lowest BCUT2D eigenvalue weighted by molar-refractivity contribution is -0.115. The summed E-state index contributed by atoms with van der Waals surface area (Å²) in [6.07, 6.45) is 1.38. The molecule has 0 saturated heterocycles. The molecule has 1 heterocycles. The highest BCUT2D eigenvalue weighted by molar-refractivity contribution is 7.12. The standard InChI is InChI=1S/C23H26N2OS/c1-5-16(3)19-8-6-7-9-20(19)25-22(26)14-21-23(24-17(4)27-21)18-12-10-15(2)11-13-18/h6-13,16H,5,14H2,1-4H3,(H,25,26)/t16-/m0/s1. The van der Waals surface area contributed by atoms with Crippen LogP contribution in [0.15, 0.2) is 48.5 Å². The number of benzene rings is 2. The largest absolute Gasteiger partial charge is 0.326 e. The molecule has 3 nitrogen and oxygen atoms in total. The van der Waals surface area contributed by atoms with Crippen LogP contribution in [0.3, 0.4) is 0 Å². The van der Waals surface area contributed by atoms with E-state index >= 15 is 0 Å². The van der Waals surface area contributed by atoms with Crippen molar-refractivity contribution < 1.29 is 4.79 Å². The maximum absolute atomic E-state index is 12.8. The van der Waals surface area contributed by atoms with Gasteiger partial charge in [-0.25, -0.2) is 4.98 Å². The van der Waals surface area contributed by atoms with Crippen LogP contribution in [0.1, 0.15) is 47.2 Å². The first-order valence-corrected chi connectivity index (χ1v) is 10.2. The summed E-state index contributed by atoms with van der Waals surface area (Å²) < 4.78 is 0. The Morgan fingerprint density at radius 3 is 2.52 bits per heavy atom. The first-order valence-electron chi connectivity index (χ1n) is 9.40. The number of para-hydroxylation sites is 1. The van der Waals surface area contributed by atoms with Gasteiger partial charge in [-0.05, 0) is 37.8 Å². The molecule has 1 amide bonds. The summed E-state index contributed by atoms with van der Waals surface area (Å²) in [5.41, 5.74) is 5.30. The summed E-state index contributed by atoms with van der Waals surface area (Å²) >= 11 is 1.60. The molecule has 4 heteroatoms.